The Labute approximate surface area is 161 Å². The van der Waals surface area contributed by atoms with E-state index >= 15 is 0 Å². The van der Waals surface area contributed by atoms with E-state index in [0.717, 1.165) is 11.1 Å². The van der Waals surface area contributed by atoms with Gasteiger partial charge in [-0.3, -0.25) is 9.59 Å². The van der Waals surface area contributed by atoms with E-state index in [1.807, 2.05) is 6.07 Å². The lowest BCUT2D eigenvalue weighted by Gasteiger charge is -2.12. The molecule has 2 N–H and O–H groups in total. The van der Waals surface area contributed by atoms with Gasteiger partial charge in [-0.05, 0) is 49.1 Å². The number of benzene rings is 2. The SMILES string of the molecule is O=C(Nc1ccccc1C(=O)NCCOCC1CC1)c1cccc(Br)c1. The summed E-state index contributed by atoms with van der Waals surface area (Å²) in [6, 6.07) is 14.1. The van der Waals surface area contributed by atoms with Crippen LogP contribution in [0.2, 0.25) is 0 Å². The van der Waals surface area contributed by atoms with Gasteiger partial charge in [-0.2, -0.15) is 0 Å². The molecule has 0 saturated heterocycles. The summed E-state index contributed by atoms with van der Waals surface area (Å²) in [5.74, 6) is 0.212. The number of halogens is 1. The highest BCUT2D eigenvalue weighted by molar-refractivity contribution is 9.10. The third-order valence-electron chi connectivity index (χ3n) is 4.09. The highest BCUT2D eigenvalue weighted by Crippen LogP contribution is 2.28. The topological polar surface area (TPSA) is 67.4 Å². The number of para-hydroxylation sites is 1. The highest BCUT2D eigenvalue weighted by atomic mass is 79.9. The second-order valence-electron chi connectivity index (χ2n) is 6.28. The van der Waals surface area contributed by atoms with E-state index in [1.165, 1.54) is 12.8 Å². The lowest BCUT2D eigenvalue weighted by atomic mass is 10.1. The first-order chi connectivity index (χ1) is 12.6. The molecule has 0 aromatic heterocycles. The van der Waals surface area contributed by atoms with E-state index in [2.05, 4.69) is 26.6 Å². The summed E-state index contributed by atoms with van der Waals surface area (Å²) in [5.41, 5.74) is 1.43. The van der Waals surface area contributed by atoms with Crippen molar-refractivity contribution in [2.24, 2.45) is 5.92 Å². The molecule has 0 atom stereocenters. The van der Waals surface area contributed by atoms with Crippen LogP contribution in [0.25, 0.3) is 0 Å². The van der Waals surface area contributed by atoms with Crippen LogP contribution >= 0.6 is 15.9 Å². The second kappa shape index (κ2) is 8.96. The van der Waals surface area contributed by atoms with Gasteiger partial charge in [0.05, 0.1) is 17.9 Å². The molecule has 136 valence electrons. The van der Waals surface area contributed by atoms with Gasteiger partial charge in [-0.25, -0.2) is 0 Å². The third-order valence-corrected chi connectivity index (χ3v) is 4.58. The van der Waals surface area contributed by atoms with Crippen LogP contribution in [0.3, 0.4) is 0 Å². The summed E-state index contributed by atoms with van der Waals surface area (Å²) in [6.45, 7) is 1.71. The molecule has 0 radical (unpaired) electrons. The first-order valence-electron chi connectivity index (χ1n) is 8.65. The average Bonchev–Trinajstić information content (AvgIpc) is 3.46. The summed E-state index contributed by atoms with van der Waals surface area (Å²) in [6.07, 6.45) is 2.49. The molecule has 1 saturated carbocycles. The number of hydrogen-bond acceptors (Lipinski definition) is 3. The maximum absolute atomic E-state index is 12.4. The minimum absolute atomic E-state index is 0.231. The summed E-state index contributed by atoms with van der Waals surface area (Å²) in [4.78, 5) is 24.8. The number of hydrogen-bond donors (Lipinski definition) is 2. The van der Waals surface area contributed by atoms with Crippen molar-refractivity contribution in [3.8, 4) is 0 Å². The third kappa shape index (κ3) is 5.41. The smallest absolute Gasteiger partial charge is 0.255 e. The number of carbonyl (C=O) groups excluding carboxylic acids is 2. The zero-order valence-electron chi connectivity index (χ0n) is 14.3. The maximum atomic E-state index is 12.4. The van der Waals surface area contributed by atoms with Crippen molar-refractivity contribution in [2.45, 2.75) is 12.8 Å². The molecule has 6 heteroatoms. The van der Waals surface area contributed by atoms with E-state index in [-0.39, 0.29) is 11.8 Å². The zero-order valence-corrected chi connectivity index (χ0v) is 15.9. The molecule has 0 heterocycles. The van der Waals surface area contributed by atoms with Crippen molar-refractivity contribution < 1.29 is 14.3 Å². The lowest BCUT2D eigenvalue weighted by Crippen LogP contribution is -2.28. The van der Waals surface area contributed by atoms with Crippen molar-refractivity contribution >= 4 is 33.4 Å². The predicted molar refractivity (Wildman–Crippen MR) is 104 cm³/mol. The first kappa shape index (κ1) is 18.6. The molecule has 26 heavy (non-hydrogen) atoms. The van der Waals surface area contributed by atoms with Crippen LogP contribution in [0.5, 0.6) is 0 Å². The number of carbonyl (C=O) groups is 2. The largest absolute Gasteiger partial charge is 0.379 e. The highest BCUT2D eigenvalue weighted by Gasteiger charge is 2.21. The molecule has 1 aliphatic rings. The van der Waals surface area contributed by atoms with Crippen LogP contribution in [0, 0.1) is 5.92 Å². The summed E-state index contributed by atoms with van der Waals surface area (Å²) in [7, 11) is 0. The number of amides is 2. The van der Waals surface area contributed by atoms with Gasteiger partial charge < -0.3 is 15.4 Å². The molecule has 2 aromatic rings. The first-order valence-corrected chi connectivity index (χ1v) is 9.44. The van der Waals surface area contributed by atoms with Crippen LogP contribution in [-0.2, 0) is 4.74 Å². The molecule has 0 unspecified atom stereocenters. The molecule has 5 nitrogen and oxygen atoms in total. The minimum atomic E-state index is -0.265. The molecule has 1 aliphatic carbocycles. The minimum Gasteiger partial charge on any atom is -0.379 e. The Morgan fingerprint density at radius 1 is 1.08 bits per heavy atom. The lowest BCUT2D eigenvalue weighted by molar-refractivity contribution is 0.0907. The van der Waals surface area contributed by atoms with Gasteiger partial charge in [0.1, 0.15) is 0 Å². The van der Waals surface area contributed by atoms with Crippen molar-refractivity contribution in [1.29, 1.82) is 0 Å². The van der Waals surface area contributed by atoms with Crippen LogP contribution < -0.4 is 10.6 Å². The van der Waals surface area contributed by atoms with Crippen LogP contribution in [0.4, 0.5) is 5.69 Å². The van der Waals surface area contributed by atoms with E-state index in [1.54, 1.807) is 42.5 Å². The van der Waals surface area contributed by atoms with Gasteiger partial charge in [0.2, 0.25) is 0 Å². The average molecular weight is 417 g/mol. The fourth-order valence-electron chi connectivity index (χ4n) is 2.48. The number of ether oxygens (including phenoxy) is 1. The van der Waals surface area contributed by atoms with Crippen LogP contribution in [0.15, 0.2) is 53.0 Å². The van der Waals surface area contributed by atoms with Crippen LogP contribution in [-0.4, -0.2) is 31.6 Å². The quantitative estimate of drug-likeness (QED) is 0.641. The molecule has 2 amide bonds. The van der Waals surface area contributed by atoms with Crippen molar-refractivity contribution in [3.05, 3.63) is 64.1 Å². The van der Waals surface area contributed by atoms with Gasteiger partial charge in [-0.15, -0.1) is 0 Å². The molecule has 3 rings (SSSR count). The Morgan fingerprint density at radius 3 is 2.65 bits per heavy atom. The van der Waals surface area contributed by atoms with Gasteiger partial charge in [0, 0.05) is 23.2 Å². The molecule has 0 aliphatic heterocycles. The van der Waals surface area contributed by atoms with Crippen LogP contribution in [0.1, 0.15) is 33.6 Å². The molecule has 0 spiro atoms. The van der Waals surface area contributed by atoms with E-state index in [9.17, 15) is 9.59 Å². The number of nitrogens with one attached hydrogen (secondary N) is 2. The predicted octanol–water partition coefficient (Wildman–Crippen LogP) is 3.86. The summed E-state index contributed by atoms with van der Waals surface area (Å²) >= 11 is 3.35. The van der Waals surface area contributed by atoms with Gasteiger partial charge in [0.15, 0.2) is 0 Å². The Hall–Kier alpha value is -2.18. The fourth-order valence-corrected chi connectivity index (χ4v) is 2.88. The Bertz CT molecular complexity index is 790. The fraction of sp³-hybridized carbons (Fsp3) is 0.300. The van der Waals surface area contributed by atoms with E-state index in [4.69, 9.17) is 4.74 Å². The molecular formula is C20H21BrN2O3. The Morgan fingerprint density at radius 2 is 1.88 bits per heavy atom. The summed E-state index contributed by atoms with van der Waals surface area (Å²) in [5, 5.41) is 5.64. The van der Waals surface area contributed by atoms with E-state index in [0.29, 0.717) is 35.9 Å². The van der Waals surface area contributed by atoms with E-state index < -0.39 is 0 Å². The molecule has 2 aromatic carbocycles. The molecule has 1 fully saturated rings. The standard InChI is InChI=1S/C20H21BrN2O3/c21-16-5-3-4-15(12-16)19(24)23-18-7-2-1-6-17(18)20(25)22-10-11-26-13-14-8-9-14/h1-7,12,14H,8-11,13H2,(H,22,25)(H,23,24). The van der Waals surface area contributed by atoms with Crippen molar-refractivity contribution in [3.63, 3.8) is 0 Å². The zero-order chi connectivity index (χ0) is 18.4. The Balaban J connectivity index is 1.57. The van der Waals surface area contributed by atoms with Gasteiger partial charge in [0.25, 0.3) is 11.8 Å². The number of anilines is 1. The summed E-state index contributed by atoms with van der Waals surface area (Å²) < 4.78 is 6.34. The maximum Gasteiger partial charge on any atom is 0.255 e. The van der Waals surface area contributed by atoms with Crippen molar-refractivity contribution in [2.75, 3.05) is 25.1 Å². The van der Waals surface area contributed by atoms with Gasteiger partial charge >= 0.3 is 0 Å². The molecule has 0 bridgehead atoms. The monoisotopic (exact) mass is 416 g/mol. The Kier molecular flexibility index (Phi) is 6.41. The number of rotatable bonds is 8. The normalized spacial score (nSPS) is 13.3. The van der Waals surface area contributed by atoms with Gasteiger partial charge in [-0.1, -0.05) is 34.1 Å². The van der Waals surface area contributed by atoms with Crippen molar-refractivity contribution in [1.82, 2.24) is 5.32 Å². The molecular weight excluding hydrogens is 396 g/mol. The second-order valence-corrected chi connectivity index (χ2v) is 7.20.